The molecule has 0 fully saturated rings. The Morgan fingerprint density at radius 2 is 1.96 bits per heavy atom. The number of rotatable bonds is 4. The van der Waals surface area contributed by atoms with Gasteiger partial charge in [-0.15, -0.1) is 10.2 Å². The molecule has 0 aliphatic heterocycles. The van der Waals surface area contributed by atoms with Gasteiger partial charge in [0, 0.05) is 12.6 Å². The fourth-order valence-electron chi connectivity index (χ4n) is 2.68. The number of aromatic nitrogens is 5. The minimum atomic E-state index is 0.731. The summed E-state index contributed by atoms with van der Waals surface area (Å²) >= 11 is 1.63. The van der Waals surface area contributed by atoms with Crippen LogP contribution in [0.5, 0.6) is 0 Å². The molecule has 2 aromatic heterocycles. The second-order valence-corrected chi connectivity index (χ2v) is 6.67. The van der Waals surface area contributed by atoms with Gasteiger partial charge in [-0.1, -0.05) is 47.7 Å². The minimum Gasteiger partial charge on any atom is -0.341 e. The van der Waals surface area contributed by atoms with Gasteiger partial charge in [-0.25, -0.2) is 4.98 Å². The highest BCUT2D eigenvalue weighted by atomic mass is 32.2. The van der Waals surface area contributed by atoms with E-state index < -0.39 is 0 Å². The van der Waals surface area contributed by atoms with Gasteiger partial charge in [0.2, 0.25) is 0 Å². The molecule has 4 rings (SSSR count). The van der Waals surface area contributed by atoms with E-state index >= 15 is 0 Å². The standard InChI is InChI=1S/C18H17N5S/c1-12-6-5-7-13(10-12)17-21-22-18(23(17)2)24-11-16-19-14-8-3-4-9-15(14)20-16/h3-10H,11H2,1-2H3,(H,19,20). The molecule has 2 heterocycles. The molecule has 0 atom stereocenters. The predicted octanol–water partition coefficient (Wildman–Crippen LogP) is 3.96. The highest BCUT2D eigenvalue weighted by molar-refractivity contribution is 7.98. The van der Waals surface area contributed by atoms with Crippen molar-refractivity contribution in [3.8, 4) is 11.4 Å². The highest BCUT2D eigenvalue weighted by Gasteiger charge is 2.12. The van der Waals surface area contributed by atoms with Crippen molar-refractivity contribution < 1.29 is 0 Å². The molecule has 0 spiro atoms. The van der Waals surface area contributed by atoms with Crippen LogP contribution in [0, 0.1) is 6.92 Å². The molecule has 0 amide bonds. The second kappa shape index (κ2) is 6.13. The van der Waals surface area contributed by atoms with Crippen molar-refractivity contribution in [3.63, 3.8) is 0 Å². The Kier molecular flexibility index (Phi) is 3.82. The first-order chi connectivity index (χ1) is 11.7. The van der Waals surface area contributed by atoms with Gasteiger partial charge in [0.15, 0.2) is 11.0 Å². The van der Waals surface area contributed by atoms with Crippen molar-refractivity contribution in [2.75, 3.05) is 0 Å². The smallest absolute Gasteiger partial charge is 0.191 e. The molecule has 0 aliphatic rings. The Bertz CT molecular complexity index is 968. The van der Waals surface area contributed by atoms with Crippen LogP contribution >= 0.6 is 11.8 Å². The van der Waals surface area contributed by atoms with Crippen LogP contribution in [0.1, 0.15) is 11.4 Å². The van der Waals surface area contributed by atoms with Crippen molar-refractivity contribution in [2.24, 2.45) is 7.05 Å². The summed E-state index contributed by atoms with van der Waals surface area (Å²) < 4.78 is 2.03. The predicted molar refractivity (Wildman–Crippen MR) is 96.8 cm³/mol. The van der Waals surface area contributed by atoms with E-state index in [0.717, 1.165) is 39.2 Å². The van der Waals surface area contributed by atoms with E-state index in [-0.39, 0.29) is 0 Å². The van der Waals surface area contributed by atoms with Crippen LogP contribution in [-0.2, 0) is 12.8 Å². The number of fused-ring (bicyclic) bond motifs is 1. The zero-order valence-corrected chi connectivity index (χ0v) is 14.3. The summed E-state index contributed by atoms with van der Waals surface area (Å²) in [5.41, 5.74) is 4.35. The molecule has 120 valence electrons. The summed E-state index contributed by atoms with van der Waals surface area (Å²) in [7, 11) is 2.00. The number of hydrogen-bond acceptors (Lipinski definition) is 4. The number of benzene rings is 2. The van der Waals surface area contributed by atoms with E-state index in [2.05, 4.69) is 45.3 Å². The first kappa shape index (κ1) is 15.0. The van der Waals surface area contributed by atoms with Gasteiger partial charge >= 0.3 is 0 Å². The second-order valence-electron chi connectivity index (χ2n) is 5.72. The third-order valence-electron chi connectivity index (χ3n) is 3.89. The maximum absolute atomic E-state index is 4.60. The molecule has 0 radical (unpaired) electrons. The summed E-state index contributed by atoms with van der Waals surface area (Å²) in [6.07, 6.45) is 0. The SMILES string of the molecule is Cc1cccc(-c2nnc(SCc3nc4ccccc4[nH]3)n2C)c1. The molecule has 0 saturated heterocycles. The molecule has 0 unspecified atom stereocenters. The first-order valence-electron chi connectivity index (χ1n) is 7.73. The Balaban J connectivity index is 1.55. The van der Waals surface area contributed by atoms with E-state index in [1.54, 1.807) is 11.8 Å². The van der Waals surface area contributed by atoms with Gasteiger partial charge < -0.3 is 9.55 Å². The molecule has 24 heavy (non-hydrogen) atoms. The lowest BCUT2D eigenvalue weighted by atomic mass is 10.1. The number of aryl methyl sites for hydroxylation is 1. The van der Waals surface area contributed by atoms with Crippen molar-refractivity contribution in [3.05, 3.63) is 59.9 Å². The largest absolute Gasteiger partial charge is 0.341 e. The number of aromatic amines is 1. The fraction of sp³-hybridized carbons (Fsp3) is 0.167. The molecular weight excluding hydrogens is 318 g/mol. The Morgan fingerprint density at radius 1 is 1.08 bits per heavy atom. The van der Waals surface area contributed by atoms with Crippen LogP contribution in [0.15, 0.2) is 53.7 Å². The Labute approximate surface area is 144 Å². The van der Waals surface area contributed by atoms with E-state index in [0.29, 0.717) is 0 Å². The lowest BCUT2D eigenvalue weighted by Gasteiger charge is -2.04. The first-order valence-corrected chi connectivity index (χ1v) is 8.72. The lowest BCUT2D eigenvalue weighted by molar-refractivity contribution is 0.793. The van der Waals surface area contributed by atoms with Gasteiger partial charge in [0.1, 0.15) is 5.82 Å². The number of H-pyrrole nitrogens is 1. The van der Waals surface area contributed by atoms with Gasteiger partial charge in [0.05, 0.1) is 16.8 Å². The molecular formula is C18H17N5S. The van der Waals surface area contributed by atoms with Crippen molar-refractivity contribution in [2.45, 2.75) is 17.8 Å². The third kappa shape index (κ3) is 2.80. The topological polar surface area (TPSA) is 59.4 Å². The molecule has 0 aliphatic carbocycles. The summed E-state index contributed by atoms with van der Waals surface area (Å²) in [6, 6.07) is 16.4. The van der Waals surface area contributed by atoms with Crippen LogP contribution < -0.4 is 0 Å². The zero-order chi connectivity index (χ0) is 16.5. The lowest BCUT2D eigenvalue weighted by Crippen LogP contribution is -1.95. The summed E-state index contributed by atoms with van der Waals surface area (Å²) in [5, 5.41) is 9.55. The number of hydrogen-bond donors (Lipinski definition) is 1. The molecule has 0 saturated carbocycles. The number of nitrogens with one attached hydrogen (secondary N) is 1. The zero-order valence-electron chi connectivity index (χ0n) is 13.5. The molecule has 5 nitrogen and oxygen atoms in total. The Morgan fingerprint density at radius 3 is 2.79 bits per heavy atom. The quantitative estimate of drug-likeness (QED) is 0.574. The van der Waals surface area contributed by atoms with Crippen molar-refractivity contribution >= 4 is 22.8 Å². The van der Waals surface area contributed by atoms with E-state index in [9.17, 15) is 0 Å². The fourth-order valence-corrected chi connectivity index (χ4v) is 3.46. The van der Waals surface area contributed by atoms with E-state index in [1.165, 1.54) is 5.56 Å². The maximum Gasteiger partial charge on any atom is 0.191 e. The average Bonchev–Trinajstić information content (AvgIpc) is 3.16. The Hall–Kier alpha value is -2.60. The van der Waals surface area contributed by atoms with Crippen LogP contribution in [0.2, 0.25) is 0 Å². The van der Waals surface area contributed by atoms with Gasteiger partial charge in [-0.05, 0) is 25.1 Å². The van der Waals surface area contributed by atoms with Crippen molar-refractivity contribution in [1.82, 2.24) is 24.7 Å². The normalized spacial score (nSPS) is 11.2. The van der Waals surface area contributed by atoms with E-state index in [1.807, 2.05) is 41.9 Å². The number of imidazole rings is 1. The summed E-state index contributed by atoms with van der Waals surface area (Å²) in [5.74, 6) is 2.56. The minimum absolute atomic E-state index is 0.731. The summed E-state index contributed by atoms with van der Waals surface area (Å²) in [4.78, 5) is 7.94. The average molecular weight is 335 g/mol. The van der Waals surface area contributed by atoms with Gasteiger partial charge in [-0.3, -0.25) is 0 Å². The molecule has 0 bridgehead atoms. The van der Waals surface area contributed by atoms with Crippen LogP contribution in [-0.4, -0.2) is 24.7 Å². The third-order valence-corrected chi connectivity index (χ3v) is 4.92. The number of nitrogens with zero attached hydrogens (tertiary/aromatic N) is 4. The van der Waals surface area contributed by atoms with Crippen LogP contribution in [0.3, 0.4) is 0 Å². The monoisotopic (exact) mass is 335 g/mol. The molecule has 1 N–H and O–H groups in total. The summed E-state index contributed by atoms with van der Waals surface area (Å²) in [6.45, 7) is 2.08. The maximum atomic E-state index is 4.60. The van der Waals surface area contributed by atoms with Gasteiger partial charge in [-0.2, -0.15) is 0 Å². The number of thioether (sulfide) groups is 1. The van der Waals surface area contributed by atoms with Crippen LogP contribution in [0.4, 0.5) is 0 Å². The number of para-hydroxylation sites is 2. The molecule has 4 aromatic rings. The van der Waals surface area contributed by atoms with E-state index in [4.69, 9.17) is 0 Å². The van der Waals surface area contributed by atoms with Crippen LogP contribution in [0.25, 0.3) is 22.4 Å². The van der Waals surface area contributed by atoms with Gasteiger partial charge in [0.25, 0.3) is 0 Å². The highest BCUT2D eigenvalue weighted by Crippen LogP contribution is 2.25. The molecule has 2 aromatic carbocycles. The molecule has 6 heteroatoms. The van der Waals surface area contributed by atoms with Crippen molar-refractivity contribution in [1.29, 1.82) is 0 Å².